The van der Waals surface area contributed by atoms with Gasteiger partial charge in [0.25, 0.3) is 0 Å². The molecule has 22 heavy (non-hydrogen) atoms. The van der Waals surface area contributed by atoms with E-state index in [1.165, 1.54) is 16.7 Å². The Morgan fingerprint density at radius 3 is 1.95 bits per heavy atom. The van der Waals surface area contributed by atoms with Gasteiger partial charge < -0.3 is 0 Å². The molecular weight excluding hydrogens is 288 g/mol. The van der Waals surface area contributed by atoms with Gasteiger partial charge in [-0.1, -0.05) is 97.1 Å². The van der Waals surface area contributed by atoms with E-state index in [1.54, 1.807) is 6.08 Å². The molecule has 3 aromatic rings. The van der Waals surface area contributed by atoms with Crippen molar-refractivity contribution in [2.45, 2.75) is 6.92 Å². The van der Waals surface area contributed by atoms with Crippen molar-refractivity contribution in [2.24, 2.45) is 0 Å². The zero-order valence-corrected chi connectivity index (χ0v) is 13.4. The normalized spacial score (nSPS) is 9.55. The van der Waals surface area contributed by atoms with Gasteiger partial charge in [0.05, 0.1) is 0 Å². The van der Waals surface area contributed by atoms with Crippen molar-refractivity contribution in [3.63, 3.8) is 0 Å². The van der Waals surface area contributed by atoms with E-state index in [4.69, 9.17) is 11.6 Å². The third kappa shape index (κ3) is 4.34. The first-order chi connectivity index (χ1) is 10.7. The van der Waals surface area contributed by atoms with Crippen molar-refractivity contribution in [3.8, 4) is 11.1 Å². The Balaban J connectivity index is 0.000000172. The summed E-state index contributed by atoms with van der Waals surface area (Å²) in [6.07, 6.45) is 1.74. The Bertz CT molecular complexity index is 730. The van der Waals surface area contributed by atoms with Crippen molar-refractivity contribution >= 4 is 17.7 Å². The van der Waals surface area contributed by atoms with Crippen LogP contribution < -0.4 is 0 Å². The van der Waals surface area contributed by atoms with Gasteiger partial charge in [-0.05, 0) is 35.2 Å². The number of hydrogen-bond acceptors (Lipinski definition) is 0. The summed E-state index contributed by atoms with van der Waals surface area (Å²) in [6.45, 7) is 5.75. The van der Waals surface area contributed by atoms with Crippen LogP contribution in [0.2, 0.25) is 5.02 Å². The fourth-order valence-corrected chi connectivity index (χ4v) is 2.37. The SMILES string of the molecule is C=Cc1ccccc1Cl.Cc1ccccc1-c1ccccc1. The fraction of sp³-hybridized carbons (Fsp3) is 0.0476. The second-order valence-corrected chi connectivity index (χ2v) is 5.31. The van der Waals surface area contributed by atoms with Crippen LogP contribution in [0, 0.1) is 6.92 Å². The lowest BCUT2D eigenvalue weighted by Crippen LogP contribution is -1.80. The summed E-state index contributed by atoms with van der Waals surface area (Å²) in [5.74, 6) is 0. The van der Waals surface area contributed by atoms with Crippen molar-refractivity contribution in [1.82, 2.24) is 0 Å². The van der Waals surface area contributed by atoms with Crippen molar-refractivity contribution in [3.05, 3.63) is 102 Å². The van der Waals surface area contributed by atoms with Crippen LogP contribution in [-0.2, 0) is 0 Å². The first-order valence-electron chi connectivity index (χ1n) is 7.20. The highest BCUT2D eigenvalue weighted by molar-refractivity contribution is 6.32. The second kappa shape index (κ2) is 8.21. The van der Waals surface area contributed by atoms with Gasteiger partial charge >= 0.3 is 0 Å². The van der Waals surface area contributed by atoms with Crippen LogP contribution in [0.1, 0.15) is 11.1 Å². The molecule has 3 rings (SSSR count). The minimum atomic E-state index is 0.757. The molecule has 110 valence electrons. The van der Waals surface area contributed by atoms with Crippen molar-refractivity contribution in [1.29, 1.82) is 0 Å². The minimum Gasteiger partial charge on any atom is -0.0984 e. The lowest BCUT2D eigenvalue weighted by Gasteiger charge is -2.04. The molecule has 1 heteroatoms. The molecule has 0 N–H and O–H groups in total. The molecule has 0 saturated carbocycles. The largest absolute Gasteiger partial charge is 0.0984 e. The van der Waals surface area contributed by atoms with Crippen LogP contribution in [0.15, 0.2) is 85.4 Å². The highest BCUT2D eigenvalue weighted by Crippen LogP contribution is 2.21. The molecule has 0 fully saturated rings. The highest BCUT2D eigenvalue weighted by Gasteiger charge is 1.97. The quantitative estimate of drug-likeness (QED) is 0.497. The first-order valence-corrected chi connectivity index (χ1v) is 7.58. The van der Waals surface area contributed by atoms with Gasteiger partial charge in [-0.25, -0.2) is 0 Å². The van der Waals surface area contributed by atoms with Gasteiger partial charge in [-0.3, -0.25) is 0 Å². The van der Waals surface area contributed by atoms with E-state index in [2.05, 4.69) is 62.0 Å². The average Bonchev–Trinajstić information content (AvgIpc) is 2.57. The Kier molecular flexibility index (Phi) is 6.00. The molecule has 0 nitrogen and oxygen atoms in total. The average molecular weight is 307 g/mol. The van der Waals surface area contributed by atoms with Crippen LogP contribution in [-0.4, -0.2) is 0 Å². The van der Waals surface area contributed by atoms with Crippen molar-refractivity contribution < 1.29 is 0 Å². The Hall–Kier alpha value is -2.31. The maximum atomic E-state index is 5.75. The topological polar surface area (TPSA) is 0 Å². The maximum absolute atomic E-state index is 5.75. The third-order valence-electron chi connectivity index (χ3n) is 3.35. The third-order valence-corrected chi connectivity index (χ3v) is 3.70. The summed E-state index contributed by atoms with van der Waals surface area (Å²) in [6, 6.07) is 26.5. The van der Waals surface area contributed by atoms with Gasteiger partial charge in [-0.15, -0.1) is 0 Å². The molecule has 0 aliphatic heterocycles. The predicted molar refractivity (Wildman–Crippen MR) is 98.2 cm³/mol. The van der Waals surface area contributed by atoms with E-state index >= 15 is 0 Å². The Morgan fingerprint density at radius 2 is 1.36 bits per heavy atom. The van der Waals surface area contributed by atoms with Crippen LogP contribution in [0.25, 0.3) is 17.2 Å². The molecule has 0 aliphatic carbocycles. The van der Waals surface area contributed by atoms with Crippen LogP contribution in [0.3, 0.4) is 0 Å². The van der Waals surface area contributed by atoms with Gasteiger partial charge in [0.1, 0.15) is 0 Å². The zero-order valence-electron chi connectivity index (χ0n) is 12.7. The van der Waals surface area contributed by atoms with E-state index in [9.17, 15) is 0 Å². The molecule has 0 saturated heterocycles. The van der Waals surface area contributed by atoms with Crippen LogP contribution in [0.4, 0.5) is 0 Å². The standard InChI is InChI=1S/C13H12.C8H7Cl/c1-11-7-5-6-10-13(11)12-8-3-2-4-9-12;1-2-7-5-3-4-6-8(7)9/h2-10H,1H3;2-6H,1H2. The maximum Gasteiger partial charge on any atom is 0.0478 e. The molecule has 3 aromatic carbocycles. The van der Waals surface area contributed by atoms with Crippen molar-refractivity contribution in [2.75, 3.05) is 0 Å². The van der Waals surface area contributed by atoms with Crippen LogP contribution in [0.5, 0.6) is 0 Å². The molecule has 0 atom stereocenters. The molecule has 0 bridgehead atoms. The first kappa shape index (κ1) is 16.1. The molecule has 0 amide bonds. The highest BCUT2D eigenvalue weighted by atomic mass is 35.5. The molecule has 0 heterocycles. The minimum absolute atomic E-state index is 0.757. The predicted octanol–water partition coefficient (Wildman–Crippen LogP) is 6.65. The van der Waals surface area contributed by atoms with Gasteiger partial charge in [0, 0.05) is 5.02 Å². The summed E-state index contributed by atoms with van der Waals surface area (Å²) in [5.41, 5.74) is 4.93. The number of halogens is 1. The number of hydrogen-bond donors (Lipinski definition) is 0. The molecule has 0 spiro atoms. The summed E-state index contributed by atoms with van der Waals surface area (Å²) in [7, 11) is 0. The second-order valence-electron chi connectivity index (χ2n) is 4.91. The number of rotatable bonds is 2. The summed E-state index contributed by atoms with van der Waals surface area (Å²) >= 11 is 5.75. The summed E-state index contributed by atoms with van der Waals surface area (Å²) in [4.78, 5) is 0. The van der Waals surface area contributed by atoms with Gasteiger partial charge in [-0.2, -0.15) is 0 Å². The van der Waals surface area contributed by atoms with E-state index < -0.39 is 0 Å². The smallest absolute Gasteiger partial charge is 0.0478 e. The molecule has 0 unspecified atom stereocenters. The molecule has 0 radical (unpaired) electrons. The Morgan fingerprint density at radius 1 is 0.773 bits per heavy atom. The lowest BCUT2D eigenvalue weighted by molar-refractivity contribution is 1.46. The molecule has 0 aliphatic rings. The fourth-order valence-electron chi connectivity index (χ4n) is 2.16. The zero-order chi connectivity index (χ0) is 15.8. The van der Waals surface area contributed by atoms with E-state index in [0.717, 1.165) is 10.6 Å². The van der Waals surface area contributed by atoms with E-state index in [0.29, 0.717) is 0 Å². The van der Waals surface area contributed by atoms with Crippen LogP contribution >= 0.6 is 11.6 Å². The summed E-state index contributed by atoms with van der Waals surface area (Å²) in [5, 5.41) is 0.757. The molecular formula is C21H19Cl. The Labute approximate surface area is 137 Å². The van der Waals surface area contributed by atoms with E-state index in [-0.39, 0.29) is 0 Å². The lowest BCUT2D eigenvalue weighted by atomic mass is 10.0. The van der Waals surface area contributed by atoms with Gasteiger partial charge in [0.2, 0.25) is 0 Å². The summed E-state index contributed by atoms with van der Waals surface area (Å²) < 4.78 is 0. The monoisotopic (exact) mass is 306 g/mol. The van der Waals surface area contributed by atoms with Gasteiger partial charge in [0.15, 0.2) is 0 Å². The number of aryl methyl sites for hydroxylation is 1. The number of benzene rings is 3. The van der Waals surface area contributed by atoms with E-state index in [1.807, 2.05) is 30.3 Å². The molecule has 0 aromatic heterocycles.